The van der Waals surface area contributed by atoms with Crippen molar-refractivity contribution >= 4 is 29.9 Å². The quantitative estimate of drug-likeness (QED) is 0.862. The number of rotatable bonds is 3. The first-order chi connectivity index (χ1) is 11.8. The molecule has 9 heteroatoms. The van der Waals surface area contributed by atoms with Gasteiger partial charge >= 0.3 is 6.18 Å². The molecule has 0 aliphatic carbocycles. The minimum Gasteiger partial charge on any atom is -0.337 e. The highest BCUT2D eigenvalue weighted by Crippen LogP contribution is 2.34. The van der Waals surface area contributed by atoms with Crippen LogP contribution in [0.25, 0.3) is 0 Å². The van der Waals surface area contributed by atoms with E-state index in [-0.39, 0.29) is 35.6 Å². The molecule has 1 atom stereocenters. The van der Waals surface area contributed by atoms with E-state index in [1.54, 1.807) is 7.05 Å². The Morgan fingerprint density at radius 1 is 1.31 bits per heavy atom. The van der Waals surface area contributed by atoms with Crippen molar-refractivity contribution in [3.05, 3.63) is 29.3 Å². The molecular weight excluding hydrogens is 371 g/mol. The zero-order chi connectivity index (χ0) is 18.2. The van der Waals surface area contributed by atoms with Gasteiger partial charge in [-0.1, -0.05) is 0 Å². The molecule has 5 nitrogen and oxygen atoms in total. The van der Waals surface area contributed by atoms with Gasteiger partial charge in [0.2, 0.25) is 5.91 Å². The van der Waals surface area contributed by atoms with Gasteiger partial charge in [0.05, 0.1) is 5.56 Å². The van der Waals surface area contributed by atoms with E-state index < -0.39 is 17.6 Å². The van der Waals surface area contributed by atoms with Crippen LogP contribution in [0.2, 0.25) is 0 Å². The van der Waals surface area contributed by atoms with Crippen molar-refractivity contribution in [2.75, 3.05) is 31.6 Å². The second-order valence-corrected chi connectivity index (χ2v) is 6.48. The summed E-state index contributed by atoms with van der Waals surface area (Å²) in [5.74, 6) is -0.682. The second kappa shape index (κ2) is 7.84. The largest absolute Gasteiger partial charge is 0.416 e. The molecule has 2 heterocycles. The number of halogens is 4. The Morgan fingerprint density at radius 3 is 2.58 bits per heavy atom. The van der Waals surface area contributed by atoms with Crippen molar-refractivity contribution in [3.8, 4) is 0 Å². The monoisotopic (exact) mass is 391 g/mol. The highest BCUT2D eigenvalue weighted by molar-refractivity contribution is 5.99. The molecule has 1 N–H and O–H groups in total. The molecule has 2 fully saturated rings. The summed E-state index contributed by atoms with van der Waals surface area (Å²) in [7, 11) is 1.60. The van der Waals surface area contributed by atoms with E-state index in [4.69, 9.17) is 0 Å². The standard InChI is InChI=1S/C17H20F3N3O2.ClH/c1-22(13-4-5-21-10-13)16(25)11-7-12(17(18,19)20)9-14(8-11)23-6-2-3-15(23)24;/h7-9,13,21H,2-6,10H2,1H3;1H. The SMILES string of the molecule is CN(C(=O)c1cc(N2CCCC2=O)cc(C(F)(F)F)c1)C1CCNC1.Cl. The number of likely N-dealkylation sites (N-methyl/N-ethyl adjacent to an activating group) is 1. The van der Waals surface area contributed by atoms with Crippen molar-refractivity contribution < 1.29 is 22.8 Å². The summed E-state index contributed by atoms with van der Waals surface area (Å²) in [6.07, 6.45) is -2.90. The van der Waals surface area contributed by atoms with Crippen molar-refractivity contribution in [2.24, 2.45) is 0 Å². The number of nitrogens with one attached hydrogen (secondary N) is 1. The van der Waals surface area contributed by atoms with E-state index in [2.05, 4.69) is 5.32 Å². The number of nitrogens with zero attached hydrogens (tertiary/aromatic N) is 2. The lowest BCUT2D eigenvalue weighted by Gasteiger charge is -2.25. The minimum absolute atomic E-state index is 0. The zero-order valence-electron chi connectivity index (χ0n) is 14.3. The fourth-order valence-electron chi connectivity index (χ4n) is 3.31. The maximum atomic E-state index is 13.3. The van der Waals surface area contributed by atoms with Gasteiger partial charge in [0, 0.05) is 43.9 Å². The number of hydrogen-bond donors (Lipinski definition) is 1. The van der Waals surface area contributed by atoms with Crippen molar-refractivity contribution in [3.63, 3.8) is 0 Å². The predicted octanol–water partition coefficient (Wildman–Crippen LogP) is 2.69. The number of amides is 2. The summed E-state index contributed by atoms with van der Waals surface area (Å²) in [4.78, 5) is 27.4. The van der Waals surface area contributed by atoms with Gasteiger partial charge in [0.1, 0.15) is 0 Å². The summed E-state index contributed by atoms with van der Waals surface area (Å²) < 4.78 is 39.8. The summed E-state index contributed by atoms with van der Waals surface area (Å²) in [5, 5.41) is 3.13. The Labute approximate surface area is 155 Å². The Hall–Kier alpha value is -1.80. The van der Waals surface area contributed by atoms with Crippen molar-refractivity contribution in [1.82, 2.24) is 10.2 Å². The van der Waals surface area contributed by atoms with E-state index in [0.717, 1.165) is 25.1 Å². The number of carbonyl (C=O) groups is 2. The number of hydrogen-bond acceptors (Lipinski definition) is 3. The molecule has 3 rings (SSSR count). The van der Waals surface area contributed by atoms with Gasteiger partial charge in [-0.25, -0.2) is 0 Å². The second-order valence-electron chi connectivity index (χ2n) is 6.48. The Bertz CT molecular complexity index is 690. The van der Waals surface area contributed by atoms with Crippen LogP contribution >= 0.6 is 12.4 Å². The smallest absolute Gasteiger partial charge is 0.337 e. The molecule has 0 radical (unpaired) electrons. The molecule has 1 aromatic carbocycles. The summed E-state index contributed by atoms with van der Waals surface area (Å²) in [6, 6.07) is 3.15. The van der Waals surface area contributed by atoms with E-state index in [1.165, 1.54) is 15.9 Å². The molecular formula is C17H21ClF3N3O2. The van der Waals surface area contributed by atoms with E-state index >= 15 is 0 Å². The van der Waals surface area contributed by atoms with Crippen LogP contribution < -0.4 is 10.2 Å². The van der Waals surface area contributed by atoms with Crippen LogP contribution in [0.5, 0.6) is 0 Å². The topological polar surface area (TPSA) is 52.7 Å². The summed E-state index contributed by atoms with van der Waals surface area (Å²) in [6.45, 7) is 1.77. The molecule has 0 aromatic heterocycles. The molecule has 1 aromatic rings. The molecule has 0 spiro atoms. The lowest BCUT2D eigenvalue weighted by Crippen LogP contribution is -2.38. The molecule has 2 amide bonds. The van der Waals surface area contributed by atoms with Crippen molar-refractivity contribution in [1.29, 1.82) is 0 Å². The molecule has 144 valence electrons. The average molecular weight is 392 g/mol. The van der Waals surface area contributed by atoms with Crippen LogP contribution in [0, 0.1) is 0 Å². The number of carbonyl (C=O) groups excluding carboxylic acids is 2. The van der Waals surface area contributed by atoms with Crippen LogP contribution in [0.4, 0.5) is 18.9 Å². The minimum atomic E-state index is -4.58. The van der Waals surface area contributed by atoms with Gasteiger partial charge in [0.25, 0.3) is 5.91 Å². The third-order valence-corrected chi connectivity index (χ3v) is 4.78. The van der Waals surface area contributed by atoms with E-state index in [0.29, 0.717) is 25.9 Å². The number of alkyl halides is 3. The molecule has 2 aliphatic rings. The van der Waals surface area contributed by atoms with Gasteiger partial charge in [-0.15, -0.1) is 12.4 Å². The summed E-state index contributed by atoms with van der Waals surface area (Å²) >= 11 is 0. The fraction of sp³-hybridized carbons (Fsp3) is 0.529. The van der Waals surface area contributed by atoms with Crippen LogP contribution in [0.1, 0.15) is 35.2 Å². The maximum Gasteiger partial charge on any atom is 0.416 e. The van der Waals surface area contributed by atoms with Crippen LogP contribution in [0.3, 0.4) is 0 Å². The summed E-state index contributed by atoms with van der Waals surface area (Å²) in [5.41, 5.74) is -0.816. The highest BCUT2D eigenvalue weighted by Gasteiger charge is 2.34. The Balaban J connectivity index is 0.00000243. The van der Waals surface area contributed by atoms with Gasteiger partial charge in [-0.05, 0) is 37.6 Å². The lowest BCUT2D eigenvalue weighted by molar-refractivity contribution is -0.137. The number of anilines is 1. The van der Waals surface area contributed by atoms with Gasteiger partial charge in [0.15, 0.2) is 0 Å². The third-order valence-electron chi connectivity index (χ3n) is 4.78. The number of benzene rings is 1. The molecule has 2 aliphatic heterocycles. The Morgan fingerprint density at radius 2 is 2.04 bits per heavy atom. The molecule has 1 unspecified atom stereocenters. The molecule has 0 bridgehead atoms. The molecule has 26 heavy (non-hydrogen) atoms. The first-order valence-corrected chi connectivity index (χ1v) is 8.28. The normalized spacial score (nSPS) is 20.2. The van der Waals surface area contributed by atoms with Crippen LogP contribution in [0.15, 0.2) is 18.2 Å². The predicted molar refractivity (Wildman–Crippen MR) is 93.6 cm³/mol. The fourth-order valence-corrected chi connectivity index (χ4v) is 3.31. The molecule has 0 saturated carbocycles. The Kier molecular flexibility index (Phi) is 6.18. The average Bonchev–Trinajstić information content (AvgIpc) is 3.23. The maximum absolute atomic E-state index is 13.3. The zero-order valence-corrected chi connectivity index (χ0v) is 15.1. The third kappa shape index (κ3) is 4.12. The lowest BCUT2D eigenvalue weighted by atomic mass is 10.1. The first-order valence-electron chi connectivity index (χ1n) is 8.28. The van der Waals surface area contributed by atoms with Gasteiger partial charge < -0.3 is 15.1 Å². The molecule has 2 saturated heterocycles. The van der Waals surface area contributed by atoms with Gasteiger partial charge in [-0.2, -0.15) is 13.2 Å². The van der Waals surface area contributed by atoms with Gasteiger partial charge in [-0.3, -0.25) is 9.59 Å². The van der Waals surface area contributed by atoms with Crippen LogP contribution in [-0.2, 0) is 11.0 Å². The van der Waals surface area contributed by atoms with Crippen molar-refractivity contribution in [2.45, 2.75) is 31.5 Å². The first kappa shape index (κ1) is 20.5. The van der Waals surface area contributed by atoms with Crippen LogP contribution in [-0.4, -0.2) is 49.4 Å². The van der Waals surface area contributed by atoms with E-state index in [9.17, 15) is 22.8 Å². The highest BCUT2D eigenvalue weighted by atomic mass is 35.5. The van der Waals surface area contributed by atoms with E-state index in [1.807, 2.05) is 0 Å².